The Morgan fingerprint density at radius 3 is 2.87 bits per heavy atom. The molecule has 0 fully saturated rings. The SMILES string of the molecule is CCOn1c(NCc2ccc(C)cc2)nc2c(c1=O)CNCC2. The van der Waals surface area contributed by atoms with Crippen LogP contribution in [-0.2, 0) is 19.5 Å². The molecule has 0 unspecified atom stereocenters. The molecule has 6 nitrogen and oxygen atoms in total. The third kappa shape index (κ3) is 3.37. The summed E-state index contributed by atoms with van der Waals surface area (Å²) >= 11 is 0. The van der Waals surface area contributed by atoms with Crippen molar-refractivity contribution in [2.75, 3.05) is 18.5 Å². The second-order valence-corrected chi connectivity index (χ2v) is 5.64. The van der Waals surface area contributed by atoms with Crippen LogP contribution in [0.2, 0.25) is 0 Å². The standard InChI is InChI=1S/C17H22N4O2/c1-3-23-21-16(22)14-11-18-9-8-15(14)20-17(21)19-10-13-6-4-12(2)5-7-13/h4-7,18H,3,8-11H2,1-2H3,(H,19,20). The summed E-state index contributed by atoms with van der Waals surface area (Å²) in [6.45, 7) is 6.31. The fraction of sp³-hybridized carbons (Fsp3) is 0.412. The summed E-state index contributed by atoms with van der Waals surface area (Å²) < 4.78 is 1.28. The quantitative estimate of drug-likeness (QED) is 0.869. The second kappa shape index (κ2) is 6.83. The van der Waals surface area contributed by atoms with Crippen LogP contribution in [0.3, 0.4) is 0 Å². The van der Waals surface area contributed by atoms with E-state index in [0.717, 1.165) is 24.2 Å². The number of rotatable bonds is 5. The first-order valence-corrected chi connectivity index (χ1v) is 7.97. The zero-order valence-corrected chi connectivity index (χ0v) is 13.6. The third-order valence-electron chi connectivity index (χ3n) is 3.89. The summed E-state index contributed by atoms with van der Waals surface area (Å²) in [5.41, 5.74) is 3.78. The average Bonchev–Trinajstić information content (AvgIpc) is 2.57. The highest BCUT2D eigenvalue weighted by atomic mass is 16.7. The predicted molar refractivity (Wildman–Crippen MR) is 89.5 cm³/mol. The molecule has 122 valence electrons. The van der Waals surface area contributed by atoms with Gasteiger partial charge in [0.1, 0.15) is 6.61 Å². The molecule has 1 aliphatic rings. The first kappa shape index (κ1) is 15.6. The number of nitrogens with one attached hydrogen (secondary N) is 2. The van der Waals surface area contributed by atoms with Crippen LogP contribution in [0.4, 0.5) is 5.95 Å². The van der Waals surface area contributed by atoms with Crippen molar-refractivity contribution in [1.29, 1.82) is 0 Å². The Kier molecular flexibility index (Phi) is 4.62. The first-order valence-electron chi connectivity index (χ1n) is 7.97. The summed E-state index contributed by atoms with van der Waals surface area (Å²) in [4.78, 5) is 22.7. The van der Waals surface area contributed by atoms with Crippen LogP contribution in [0.15, 0.2) is 29.1 Å². The van der Waals surface area contributed by atoms with Gasteiger partial charge in [0.15, 0.2) is 0 Å². The Balaban J connectivity index is 1.89. The summed E-state index contributed by atoms with van der Waals surface area (Å²) in [6.07, 6.45) is 0.761. The molecule has 6 heteroatoms. The van der Waals surface area contributed by atoms with E-state index in [1.165, 1.54) is 10.3 Å². The second-order valence-electron chi connectivity index (χ2n) is 5.64. The van der Waals surface area contributed by atoms with Crippen LogP contribution in [0.25, 0.3) is 0 Å². The number of fused-ring (bicyclic) bond motifs is 1. The molecule has 0 bridgehead atoms. The van der Waals surface area contributed by atoms with E-state index in [9.17, 15) is 4.79 Å². The molecule has 2 heterocycles. The van der Waals surface area contributed by atoms with Gasteiger partial charge in [-0.15, -0.1) is 4.73 Å². The Hall–Kier alpha value is -2.34. The zero-order valence-electron chi connectivity index (χ0n) is 13.6. The maximum atomic E-state index is 12.6. The number of aromatic nitrogens is 2. The highest BCUT2D eigenvalue weighted by Crippen LogP contribution is 2.12. The van der Waals surface area contributed by atoms with E-state index in [-0.39, 0.29) is 5.56 Å². The molecule has 0 radical (unpaired) electrons. The van der Waals surface area contributed by atoms with Gasteiger partial charge in [0.05, 0.1) is 11.3 Å². The van der Waals surface area contributed by atoms with Crippen molar-refractivity contribution in [3.63, 3.8) is 0 Å². The zero-order chi connectivity index (χ0) is 16.2. The van der Waals surface area contributed by atoms with E-state index in [1.54, 1.807) is 0 Å². The van der Waals surface area contributed by atoms with Crippen LogP contribution in [-0.4, -0.2) is 22.9 Å². The highest BCUT2D eigenvalue weighted by molar-refractivity contribution is 5.34. The maximum absolute atomic E-state index is 12.6. The van der Waals surface area contributed by atoms with Gasteiger partial charge in [-0.25, -0.2) is 4.98 Å². The summed E-state index contributed by atoms with van der Waals surface area (Å²) in [5.74, 6) is 0.470. The van der Waals surface area contributed by atoms with Crippen molar-refractivity contribution in [2.45, 2.75) is 33.4 Å². The molecule has 2 N–H and O–H groups in total. The predicted octanol–water partition coefficient (Wildman–Crippen LogP) is 1.26. The van der Waals surface area contributed by atoms with Crippen molar-refractivity contribution >= 4 is 5.95 Å². The van der Waals surface area contributed by atoms with Crippen molar-refractivity contribution in [3.8, 4) is 0 Å². The molecule has 0 spiro atoms. The molecule has 0 amide bonds. The Labute approximate surface area is 135 Å². The number of nitrogens with zero attached hydrogens (tertiary/aromatic N) is 2. The van der Waals surface area contributed by atoms with Gasteiger partial charge in [-0.2, -0.15) is 0 Å². The largest absolute Gasteiger partial charge is 0.408 e. The van der Waals surface area contributed by atoms with Crippen molar-refractivity contribution < 1.29 is 4.84 Å². The molecule has 1 aromatic carbocycles. The minimum Gasteiger partial charge on any atom is -0.408 e. The van der Waals surface area contributed by atoms with E-state index in [2.05, 4.69) is 46.8 Å². The fourth-order valence-electron chi connectivity index (χ4n) is 2.63. The van der Waals surface area contributed by atoms with Crippen molar-refractivity contribution in [2.24, 2.45) is 0 Å². The van der Waals surface area contributed by atoms with E-state index in [4.69, 9.17) is 4.84 Å². The van der Waals surface area contributed by atoms with Crippen LogP contribution in [0.5, 0.6) is 0 Å². The van der Waals surface area contributed by atoms with E-state index in [1.807, 2.05) is 6.92 Å². The maximum Gasteiger partial charge on any atom is 0.292 e. The topological polar surface area (TPSA) is 68.2 Å². The van der Waals surface area contributed by atoms with Gasteiger partial charge in [-0.05, 0) is 19.4 Å². The van der Waals surface area contributed by atoms with E-state index >= 15 is 0 Å². The number of hydrogen-bond acceptors (Lipinski definition) is 5. The normalized spacial score (nSPS) is 13.5. The summed E-state index contributed by atoms with van der Waals surface area (Å²) in [5, 5.41) is 6.44. The smallest absolute Gasteiger partial charge is 0.292 e. The first-order chi connectivity index (χ1) is 11.2. The van der Waals surface area contributed by atoms with Gasteiger partial charge >= 0.3 is 0 Å². The summed E-state index contributed by atoms with van der Waals surface area (Å²) in [7, 11) is 0. The van der Waals surface area contributed by atoms with E-state index < -0.39 is 0 Å². The number of aryl methyl sites for hydroxylation is 1. The highest BCUT2D eigenvalue weighted by Gasteiger charge is 2.19. The molecular formula is C17H22N4O2. The van der Waals surface area contributed by atoms with Gasteiger partial charge in [-0.3, -0.25) is 4.79 Å². The molecule has 0 atom stereocenters. The van der Waals surface area contributed by atoms with Crippen LogP contribution < -0.4 is 21.0 Å². The Bertz CT molecular complexity index is 737. The average molecular weight is 314 g/mol. The Morgan fingerprint density at radius 1 is 1.35 bits per heavy atom. The molecule has 1 aromatic heterocycles. The van der Waals surface area contributed by atoms with Crippen molar-refractivity contribution in [3.05, 3.63) is 57.0 Å². The van der Waals surface area contributed by atoms with Crippen LogP contribution in [0, 0.1) is 6.92 Å². The fourth-order valence-corrected chi connectivity index (χ4v) is 2.63. The molecule has 3 rings (SSSR count). The third-order valence-corrected chi connectivity index (χ3v) is 3.89. The molecule has 0 aliphatic carbocycles. The lowest BCUT2D eigenvalue weighted by molar-refractivity contribution is 0.114. The Morgan fingerprint density at radius 2 is 2.13 bits per heavy atom. The number of benzene rings is 1. The minimum atomic E-state index is -0.129. The van der Waals surface area contributed by atoms with Gasteiger partial charge in [0, 0.05) is 26.1 Å². The van der Waals surface area contributed by atoms with Crippen LogP contribution >= 0.6 is 0 Å². The van der Waals surface area contributed by atoms with Gasteiger partial charge in [0.2, 0.25) is 5.95 Å². The molecule has 2 aromatic rings. The van der Waals surface area contributed by atoms with Crippen LogP contribution in [0.1, 0.15) is 29.3 Å². The van der Waals surface area contributed by atoms with Crippen molar-refractivity contribution in [1.82, 2.24) is 15.0 Å². The van der Waals surface area contributed by atoms with Gasteiger partial charge < -0.3 is 15.5 Å². The molecule has 0 saturated heterocycles. The molecule has 0 saturated carbocycles. The molecule has 23 heavy (non-hydrogen) atoms. The number of anilines is 1. The number of hydrogen-bond donors (Lipinski definition) is 2. The molecule has 1 aliphatic heterocycles. The monoisotopic (exact) mass is 314 g/mol. The minimum absolute atomic E-state index is 0.129. The lowest BCUT2D eigenvalue weighted by Gasteiger charge is -2.20. The molecular weight excluding hydrogens is 292 g/mol. The lowest BCUT2D eigenvalue weighted by Crippen LogP contribution is -2.38. The van der Waals surface area contributed by atoms with Gasteiger partial charge in [-0.1, -0.05) is 29.8 Å². The lowest BCUT2D eigenvalue weighted by atomic mass is 10.1. The van der Waals surface area contributed by atoms with E-state index in [0.29, 0.717) is 31.2 Å². The summed E-state index contributed by atoms with van der Waals surface area (Å²) in [6, 6.07) is 8.26. The van der Waals surface area contributed by atoms with Gasteiger partial charge in [0.25, 0.3) is 5.56 Å².